The molecule has 0 atom stereocenters. The topological polar surface area (TPSA) is 66.5 Å². The molecule has 0 aliphatic heterocycles. The molecule has 0 radical (unpaired) electrons. The van der Waals surface area contributed by atoms with E-state index in [1.165, 1.54) is 10.6 Å². The van der Waals surface area contributed by atoms with Gasteiger partial charge in [0.25, 0.3) is 0 Å². The van der Waals surface area contributed by atoms with Crippen LogP contribution in [0.2, 0.25) is 0 Å². The zero-order valence-corrected chi connectivity index (χ0v) is 14.7. The highest BCUT2D eigenvalue weighted by Gasteiger charge is 2.19. The van der Waals surface area contributed by atoms with Gasteiger partial charge in [-0.2, -0.15) is 0 Å². The summed E-state index contributed by atoms with van der Waals surface area (Å²) in [7, 11) is -3.37. The number of nitrogens with zero attached hydrogens (tertiary/aromatic N) is 1. The van der Waals surface area contributed by atoms with Gasteiger partial charge in [-0.3, -0.25) is 9.10 Å². The predicted octanol–water partition coefficient (Wildman–Crippen LogP) is 2.38. The maximum Gasteiger partial charge on any atom is 0.232 e. The molecule has 1 aromatic rings. The fraction of sp³-hybridized carbons (Fsp3) is 0.562. The maximum atomic E-state index is 12.1. The molecule has 0 unspecified atom stereocenters. The molecule has 0 saturated carbocycles. The van der Waals surface area contributed by atoms with Crippen molar-refractivity contribution in [3.63, 3.8) is 0 Å². The highest BCUT2D eigenvalue weighted by molar-refractivity contribution is 7.92. The molecule has 0 heterocycles. The van der Waals surface area contributed by atoms with E-state index in [-0.39, 0.29) is 5.91 Å². The largest absolute Gasteiger partial charge is 0.356 e. The molecule has 6 heteroatoms. The monoisotopic (exact) mass is 326 g/mol. The molecule has 0 aromatic heterocycles. The summed E-state index contributed by atoms with van der Waals surface area (Å²) in [5, 5.41) is 2.80. The number of sulfonamides is 1. The Kier molecular flexibility index (Phi) is 6.87. The van der Waals surface area contributed by atoms with Crippen LogP contribution in [0.5, 0.6) is 0 Å². The Balaban J connectivity index is 2.80. The lowest BCUT2D eigenvalue weighted by atomic mass is 10.1. The van der Waals surface area contributed by atoms with E-state index in [1.54, 1.807) is 6.07 Å². The summed E-state index contributed by atoms with van der Waals surface area (Å²) >= 11 is 0. The van der Waals surface area contributed by atoms with Crippen molar-refractivity contribution in [1.82, 2.24) is 5.32 Å². The SMILES string of the molecule is CCCNC(=O)CCCN(c1cccc(C)c1C)S(C)(=O)=O. The van der Waals surface area contributed by atoms with Crippen molar-refractivity contribution in [1.29, 1.82) is 0 Å². The second kappa shape index (κ2) is 8.17. The van der Waals surface area contributed by atoms with E-state index in [9.17, 15) is 13.2 Å². The molecule has 1 aromatic carbocycles. The van der Waals surface area contributed by atoms with Gasteiger partial charge in [0.2, 0.25) is 15.9 Å². The average Bonchev–Trinajstić information content (AvgIpc) is 2.43. The molecule has 0 spiro atoms. The van der Waals surface area contributed by atoms with E-state index in [2.05, 4.69) is 5.32 Å². The van der Waals surface area contributed by atoms with Crippen LogP contribution in [-0.4, -0.2) is 33.7 Å². The summed E-state index contributed by atoms with van der Waals surface area (Å²) in [5.41, 5.74) is 2.69. The number of amides is 1. The number of hydrogen-bond acceptors (Lipinski definition) is 3. The number of rotatable bonds is 8. The van der Waals surface area contributed by atoms with Gasteiger partial charge in [0.15, 0.2) is 0 Å². The van der Waals surface area contributed by atoms with Crippen molar-refractivity contribution in [3.05, 3.63) is 29.3 Å². The second-order valence-electron chi connectivity index (χ2n) is 5.51. The van der Waals surface area contributed by atoms with Gasteiger partial charge in [-0.05, 0) is 43.9 Å². The van der Waals surface area contributed by atoms with Crippen LogP contribution < -0.4 is 9.62 Å². The second-order valence-corrected chi connectivity index (χ2v) is 7.41. The highest BCUT2D eigenvalue weighted by atomic mass is 32.2. The van der Waals surface area contributed by atoms with Gasteiger partial charge >= 0.3 is 0 Å². The number of nitrogens with one attached hydrogen (secondary N) is 1. The van der Waals surface area contributed by atoms with Gasteiger partial charge in [0.1, 0.15) is 0 Å². The number of aryl methyl sites for hydroxylation is 1. The van der Waals surface area contributed by atoms with Crippen molar-refractivity contribution in [2.24, 2.45) is 0 Å². The van der Waals surface area contributed by atoms with E-state index in [4.69, 9.17) is 0 Å². The van der Waals surface area contributed by atoms with Crippen LogP contribution in [0.3, 0.4) is 0 Å². The molecule has 0 saturated heterocycles. The van der Waals surface area contributed by atoms with E-state index in [0.717, 1.165) is 17.5 Å². The maximum absolute atomic E-state index is 12.1. The number of benzene rings is 1. The molecule has 0 fully saturated rings. The van der Waals surface area contributed by atoms with Gasteiger partial charge in [-0.25, -0.2) is 8.42 Å². The Morgan fingerprint density at radius 1 is 1.27 bits per heavy atom. The fourth-order valence-electron chi connectivity index (χ4n) is 2.21. The summed E-state index contributed by atoms with van der Waals surface area (Å²) in [6.45, 7) is 6.83. The predicted molar refractivity (Wildman–Crippen MR) is 90.6 cm³/mol. The van der Waals surface area contributed by atoms with Gasteiger partial charge in [0.05, 0.1) is 11.9 Å². The third kappa shape index (κ3) is 5.33. The summed E-state index contributed by atoms with van der Waals surface area (Å²) in [6.07, 6.45) is 2.92. The van der Waals surface area contributed by atoms with E-state index < -0.39 is 10.0 Å². The lowest BCUT2D eigenvalue weighted by molar-refractivity contribution is -0.121. The normalized spacial score (nSPS) is 11.3. The van der Waals surface area contributed by atoms with Crippen LogP contribution in [0.4, 0.5) is 5.69 Å². The summed E-state index contributed by atoms with van der Waals surface area (Å²) in [5.74, 6) is -0.0312. The minimum Gasteiger partial charge on any atom is -0.356 e. The highest BCUT2D eigenvalue weighted by Crippen LogP contribution is 2.25. The lowest BCUT2D eigenvalue weighted by Crippen LogP contribution is -2.32. The van der Waals surface area contributed by atoms with Crippen LogP contribution >= 0.6 is 0 Å². The Bertz CT molecular complexity index is 612. The minimum atomic E-state index is -3.37. The number of hydrogen-bond donors (Lipinski definition) is 1. The average molecular weight is 326 g/mol. The summed E-state index contributed by atoms with van der Waals surface area (Å²) in [6, 6.07) is 5.61. The first-order valence-electron chi connectivity index (χ1n) is 7.58. The fourth-order valence-corrected chi connectivity index (χ4v) is 3.22. The van der Waals surface area contributed by atoms with Crippen LogP contribution in [0.15, 0.2) is 18.2 Å². The van der Waals surface area contributed by atoms with Crippen LogP contribution in [0.25, 0.3) is 0 Å². The standard InChI is InChI=1S/C16H26N2O3S/c1-5-11-17-16(19)10-7-12-18(22(4,20)21)15-9-6-8-13(2)14(15)3/h6,8-9H,5,7,10-12H2,1-4H3,(H,17,19). The first-order valence-corrected chi connectivity index (χ1v) is 9.42. The Labute approximate surface area is 133 Å². The lowest BCUT2D eigenvalue weighted by Gasteiger charge is -2.24. The molecule has 22 heavy (non-hydrogen) atoms. The first kappa shape index (κ1) is 18.5. The molecule has 0 bridgehead atoms. The van der Waals surface area contributed by atoms with Gasteiger partial charge in [0, 0.05) is 19.5 Å². The van der Waals surface area contributed by atoms with Crippen molar-refractivity contribution in [2.75, 3.05) is 23.7 Å². The summed E-state index contributed by atoms with van der Waals surface area (Å²) in [4.78, 5) is 11.6. The smallest absolute Gasteiger partial charge is 0.232 e. The minimum absolute atomic E-state index is 0.0312. The zero-order chi connectivity index (χ0) is 16.8. The zero-order valence-electron chi connectivity index (χ0n) is 13.8. The van der Waals surface area contributed by atoms with Crippen LogP contribution in [-0.2, 0) is 14.8 Å². The van der Waals surface area contributed by atoms with E-state index >= 15 is 0 Å². The van der Waals surface area contributed by atoms with Gasteiger partial charge < -0.3 is 5.32 Å². The quantitative estimate of drug-likeness (QED) is 0.797. The third-order valence-electron chi connectivity index (χ3n) is 3.58. The molecular formula is C16H26N2O3S. The number of carbonyl (C=O) groups excluding carboxylic acids is 1. The third-order valence-corrected chi connectivity index (χ3v) is 4.76. The van der Waals surface area contributed by atoms with Gasteiger partial charge in [-0.1, -0.05) is 19.1 Å². The molecule has 1 amide bonds. The molecule has 124 valence electrons. The van der Waals surface area contributed by atoms with Crippen molar-refractivity contribution in [3.8, 4) is 0 Å². The van der Waals surface area contributed by atoms with Crippen LogP contribution in [0, 0.1) is 13.8 Å². The molecular weight excluding hydrogens is 300 g/mol. The Morgan fingerprint density at radius 3 is 2.55 bits per heavy atom. The molecule has 0 aliphatic carbocycles. The van der Waals surface area contributed by atoms with Crippen molar-refractivity contribution in [2.45, 2.75) is 40.0 Å². The number of carbonyl (C=O) groups is 1. The molecule has 1 rings (SSSR count). The van der Waals surface area contributed by atoms with Gasteiger partial charge in [-0.15, -0.1) is 0 Å². The Hall–Kier alpha value is -1.56. The first-order chi connectivity index (χ1) is 10.3. The molecule has 5 nitrogen and oxygen atoms in total. The van der Waals surface area contributed by atoms with E-state index in [1.807, 2.05) is 32.9 Å². The van der Waals surface area contributed by atoms with Crippen LogP contribution in [0.1, 0.15) is 37.3 Å². The van der Waals surface area contributed by atoms with E-state index in [0.29, 0.717) is 31.6 Å². The summed E-state index contributed by atoms with van der Waals surface area (Å²) < 4.78 is 25.5. The molecule has 1 N–H and O–H groups in total. The molecule has 0 aliphatic rings. The van der Waals surface area contributed by atoms with Crippen molar-refractivity contribution >= 4 is 21.6 Å². The number of anilines is 1. The van der Waals surface area contributed by atoms with Crippen molar-refractivity contribution < 1.29 is 13.2 Å². The Morgan fingerprint density at radius 2 is 1.95 bits per heavy atom.